The summed E-state index contributed by atoms with van der Waals surface area (Å²) in [6.07, 6.45) is 2.89. The van der Waals surface area contributed by atoms with E-state index in [0.29, 0.717) is 59.6 Å². The predicted molar refractivity (Wildman–Crippen MR) is 137 cm³/mol. The number of carbonyl (C=O) groups excluding carboxylic acids is 1. The molecule has 0 radical (unpaired) electrons. The van der Waals surface area contributed by atoms with E-state index in [0.717, 1.165) is 0 Å². The molecule has 0 spiro atoms. The van der Waals surface area contributed by atoms with Gasteiger partial charge in [0.05, 0.1) is 28.5 Å². The van der Waals surface area contributed by atoms with Crippen LogP contribution in [0.2, 0.25) is 0 Å². The molecule has 0 saturated carbocycles. The fraction of sp³-hybridized carbons (Fsp3) is 0.231. The number of nitrogens with one attached hydrogen (secondary N) is 2. The molecule has 0 aliphatic carbocycles. The maximum atomic E-state index is 14.5. The smallest absolute Gasteiger partial charge is 0.255 e. The van der Waals surface area contributed by atoms with Gasteiger partial charge in [-0.25, -0.2) is 19.3 Å². The maximum Gasteiger partial charge on any atom is 0.255 e. The number of fused-ring (bicyclic) bond motifs is 1. The Hall–Kier alpha value is -4.69. The minimum absolute atomic E-state index is 0.0497. The van der Waals surface area contributed by atoms with Crippen molar-refractivity contribution in [3.8, 4) is 17.3 Å². The lowest BCUT2D eigenvalue weighted by Crippen LogP contribution is -2.46. The second-order valence-electron chi connectivity index (χ2n) is 8.63. The molecule has 1 amide bonds. The third-order valence-corrected chi connectivity index (χ3v) is 6.27. The molecular formula is C26H24FN9O. The maximum absolute atomic E-state index is 14.5. The molecule has 1 saturated heterocycles. The lowest BCUT2D eigenvalue weighted by atomic mass is 9.93. The number of nitrogens with two attached hydrogens (primary N) is 1. The van der Waals surface area contributed by atoms with E-state index in [4.69, 9.17) is 10.7 Å². The lowest BCUT2D eigenvalue weighted by Gasteiger charge is -2.29. The number of nitrogen functional groups attached to an aromatic ring is 1. The Kier molecular flexibility index (Phi) is 6.57. The van der Waals surface area contributed by atoms with Gasteiger partial charge in [-0.15, -0.1) is 0 Å². The van der Waals surface area contributed by atoms with E-state index in [1.807, 2.05) is 19.1 Å². The number of nitrogens with zero attached hydrogens (tertiary/aromatic N) is 6. The Labute approximate surface area is 212 Å². The predicted octanol–water partition coefficient (Wildman–Crippen LogP) is 2.90. The Morgan fingerprint density at radius 2 is 2.03 bits per heavy atom. The summed E-state index contributed by atoms with van der Waals surface area (Å²) in [7, 11) is 0. The normalized spacial score (nSPS) is 14.2. The van der Waals surface area contributed by atoms with Crippen LogP contribution in [0.3, 0.4) is 0 Å². The van der Waals surface area contributed by atoms with E-state index in [1.54, 1.807) is 29.3 Å². The van der Waals surface area contributed by atoms with Gasteiger partial charge in [-0.2, -0.15) is 5.26 Å². The fourth-order valence-electron chi connectivity index (χ4n) is 4.48. The van der Waals surface area contributed by atoms with E-state index in [9.17, 15) is 14.4 Å². The summed E-state index contributed by atoms with van der Waals surface area (Å²) in [6, 6.07) is 11.1. The quantitative estimate of drug-likeness (QED) is 0.379. The highest BCUT2D eigenvalue weighted by atomic mass is 19.1. The number of aromatic nitrogens is 4. The molecule has 1 aliphatic heterocycles. The Bertz CT molecular complexity index is 1510. The van der Waals surface area contributed by atoms with Crippen LogP contribution in [0.5, 0.6) is 0 Å². The average Bonchev–Trinajstić information content (AvgIpc) is 2.92. The molecule has 4 heterocycles. The van der Waals surface area contributed by atoms with Crippen molar-refractivity contribution < 1.29 is 9.18 Å². The number of benzene rings is 1. The second-order valence-corrected chi connectivity index (χ2v) is 8.63. The first kappa shape index (κ1) is 24.0. The SMILES string of the molecule is CC(Nc1ncnc(N)c1C#N)c1nc2ccc(F)cc2c(C(=O)N2CCNCC2)c1-c1ccccn1. The highest BCUT2D eigenvalue weighted by Gasteiger charge is 2.29. The Morgan fingerprint density at radius 3 is 2.76 bits per heavy atom. The largest absolute Gasteiger partial charge is 0.382 e. The first-order chi connectivity index (χ1) is 18.0. The molecule has 1 aliphatic rings. The van der Waals surface area contributed by atoms with Crippen molar-refractivity contribution in [2.75, 3.05) is 37.2 Å². The number of carbonyl (C=O) groups is 1. The fourth-order valence-corrected chi connectivity index (χ4v) is 4.48. The van der Waals surface area contributed by atoms with E-state index in [1.165, 1.54) is 18.5 Å². The number of halogens is 1. The van der Waals surface area contributed by atoms with E-state index < -0.39 is 11.9 Å². The molecule has 1 unspecified atom stereocenters. The van der Waals surface area contributed by atoms with Gasteiger partial charge in [-0.05, 0) is 37.3 Å². The number of pyridine rings is 2. The summed E-state index contributed by atoms with van der Waals surface area (Å²) in [5.74, 6) is -0.401. The van der Waals surface area contributed by atoms with Crippen LogP contribution < -0.4 is 16.4 Å². The summed E-state index contributed by atoms with van der Waals surface area (Å²) in [4.78, 5) is 33.2. The number of nitriles is 1. The topological polar surface area (TPSA) is 146 Å². The lowest BCUT2D eigenvalue weighted by molar-refractivity contribution is 0.0738. The molecule has 5 rings (SSSR count). The van der Waals surface area contributed by atoms with E-state index >= 15 is 0 Å². The van der Waals surface area contributed by atoms with Crippen LogP contribution in [-0.2, 0) is 0 Å². The minimum atomic E-state index is -0.539. The molecular weight excluding hydrogens is 473 g/mol. The molecule has 3 aromatic heterocycles. The molecule has 4 aromatic rings. The van der Waals surface area contributed by atoms with Gasteiger partial charge in [0.15, 0.2) is 0 Å². The van der Waals surface area contributed by atoms with Crippen molar-refractivity contribution in [3.05, 3.63) is 71.6 Å². The molecule has 11 heteroatoms. The zero-order valence-electron chi connectivity index (χ0n) is 20.1. The second kappa shape index (κ2) is 10.1. The van der Waals surface area contributed by atoms with Gasteiger partial charge in [0.1, 0.15) is 35.4 Å². The number of hydrogen-bond donors (Lipinski definition) is 3. The number of hydrogen-bond acceptors (Lipinski definition) is 9. The molecule has 0 bridgehead atoms. The van der Waals surface area contributed by atoms with E-state index in [-0.39, 0.29) is 23.1 Å². The third-order valence-electron chi connectivity index (χ3n) is 6.27. The first-order valence-electron chi connectivity index (χ1n) is 11.8. The number of anilines is 2. The molecule has 1 fully saturated rings. The zero-order chi connectivity index (χ0) is 25.9. The van der Waals surface area contributed by atoms with Gasteiger partial charge in [0.25, 0.3) is 5.91 Å². The Balaban J connectivity index is 1.75. The van der Waals surface area contributed by atoms with Crippen LogP contribution in [0.4, 0.5) is 16.0 Å². The third kappa shape index (κ3) is 4.62. The van der Waals surface area contributed by atoms with Crippen LogP contribution in [0.1, 0.15) is 34.6 Å². The average molecular weight is 498 g/mol. The summed E-state index contributed by atoms with van der Waals surface area (Å²) < 4.78 is 14.5. The summed E-state index contributed by atoms with van der Waals surface area (Å²) in [6.45, 7) is 4.21. The van der Waals surface area contributed by atoms with Crippen LogP contribution in [-0.4, -0.2) is 56.9 Å². The number of amides is 1. The highest BCUT2D eigenvalue weighted by Crippen LogP contribution is 2.36. The van der Waals surface area contributed by atoms with Crippen LogP contribution in [0.15, 0.2) is 48.9 Å². The molecule has 10 nitrogen and oxygen atoms in total. The van der Waals surface area contributed by atoms with Gasteiger partial charge in [0.2, 0.25) is 0 Å². The van der Waals surface area contributed by atoms with Crippen LogP contribution in [0, 0.1) is 17.1 Å². The van der Waals surface area contributed by atoms with Crippen molar-refractivity contribution in [1.29, 1.82) is 5.26 Å². The zero-order valence-corrected chi connectivity index (χ0v) is 20.1. The number of rotatable bonds is 5. The molecule has 37 heavy (non-hydrogen) atoms. The van der Waals surface area contributed by atoms with Crippen LogP contribution >= 0.6 is 0 Å². The van der Waals surface area contributed by atoms with Crippen molar-refractivity contribution in [2.24, 2.45) is 0 Å². The molecule has 1 atom stereocenters. The van der Waals surface area contributed by atoms with Gasteiger partial charge in [-0.3, -0.25) is 9.78 Å². The standard InChI is InChI=1S/C26H24FN9O/c1-15(34-25-18(13-28)24(29)32-14-33-25)23-22(20-4-2-3-7-31-20)21(26(37)36-10-8-30-9-11-36)17-12-16(27)5-6-19(17)35-23/h2-7,12,14-15,30H,8-11H2,1H3,(H3,29,32,33,34). The van der Waals surface area contributed by atoms with Crippen molar-refractivity contribution in [3.63, 3.8) is 0 Å². The first-order valence-corrected chi connectivity index (χ1v) is 11.8. The van der Waals surface area contributed by atoms with Gasteiger partial charge in [0, 0.05) is 43.3 Å². The van der Waals surface area contributed by atoms with Crippen molar-refractivity contribution >= 4 is 28.4 Å². The van der Waals surface area contributed by atoms with E-state index in [2.05, 4.69) is 25.6 Å². The monoisotopic (exact) mass is 497 g/mol. The van der Waals surface area contributed by atoms with Gasteiger partial charge in [-0.1, -0.05) is 6.07 Å². The molecule has 1 aromatic carbocycles. The molecule has 4 N–H and O–H groups in total. The van der Waals surface area contributed by atoms with Crippen molar-refractivity contribution in [1.82, 2.24) is 30.2 Å². The number of piperazine rings is 1. The summed E-state index contributed by atoms with van der Waals surface area (Å²) in [5.41, 5.74) is 8.28. The van der Waals surface area contributed by atoms with Crippen molar-refractivity contribution in [2.45, 2.75) is 13.0 Å². The minimum Gasteiger partial charge on any atom is -0.382 e. The van der Waals surface area contributed by atoms with Gasteiger partial charge >= 0.3 is 0 Å². The summed E-state index contributed by atoms with van der Waals surface area (Å²) in [5, 5.41) is 16.4. The summed E-state index contributed by atoms with van der Waals surface area (Å²) >= 11 is 0. The van der Waals surface area contributed by atoms with Gasteiger partial charge < -0.3 is 21.3 Å². The van der Waals surface area contributed by atoms with Crippen LogP contribution in [0.25, 0.3) is 22.2 Å². The molecule has 186 valence electrons. The highest BCUT2D eigenvalue weighted by molar-refractivity contribution is 6.12. The Morgan fingerprint density at radius 1 is 1.22 bits per heavy atom.